The molecule has 6 nitrogen and oxygen atoms in total. The van der Waals surface area contributed by atoms with Crippen LogP contribution in [0.3, 0.4) is 0 Å². The van der Waals surface area contributed by atoms with E-state index in [9.17, 15) is 18.0 Å². The molecule has 0 saturated carbocycles. The zero-order valence-electron chi connectivity index (χ0n) is 15.4. The lowest BCUT2D eigenvalue weighted by molar-refractivity contribution is -0.123. The molecule has 3 N–H and O–H groups in total. The van der Waals surface area contributed by atoms with E-state index in [0.29, 0.717) is 5.02 Å². The van der Waals surface area contributed by atoms with Gasteiger partial charge < -0.3 is 15.8 Å². The molecule has 1 amide bonds. The van der Waals surface area contributed by atoms with E-state index in [2.05, 4.69) is 15.3 Å². The molecule has 0 fully saturated rings. The first-order valence-electron chi connectivity index (χ1n) is 8.71. The van der Waals surface area contributed by atoms with Gasteiger partial charge in [0.1, 0.15) is 30.6 Å². The van der Waals surface area contributed by atoms with Gasteiger partial charge in [0, 0.05) is 17.4 Å². The van der Waals surface area contributed by atoms with Crippen LogP contribution < -0.4 is 11.1 Å². The maximum atomic E-state index is 15.0. The Bertz CT molecular complexity index is 953. The van der Waals surface area contributed by atoms with E-state index < -0.39 is 29.8 Å². The normalized spacial score (nSPS) is 21.2. The number of halogens is 4. The van der Waals surface area contributed by atoms with Gasteiger partial charge in [0.25, 0.3) is 11.8 Å². The van der Waals surface area contributed by atoms with Crippen molar-refractivity contribution >= 4 is 29.0 Å². The highest BCUT2D eigenvalue weighted by molar-refractivity contribution is 6.30. The third kappa shape index (κ3) is 4.06. The summed E-state index contributed by atoms with van der Waals surface area (Å²) in [4.78, 5) is 20.2. The highest BCUT2D eigenvalue weighted by atomic mass is 35.5. The molecule has 0 bridgehead atoms. The molecule has 3 rings (SSSR count). The van der Waals surface area contributed by atoms with Crippen molar-refractivity contribution in [3.8, 4) is 0 Å². The molecule has 1 aromatic carbocycles. The molecule has 154 valence electrons. The van der Waals surface area contributed by atoms with Crippen LogP contribution in [-0.2, 0) is 10.3 Å². The van der Waals surface area contributed by atoms with Crippen molar-refractivity contribution in [2.45, 2.75) is 24.8 Å². The van der Waals surface area contributed by atoms with E-state index in [-0.39, 0.29) is 35.8 Å². The molecule has 0 aliphatic carbocycles. The number of alkyl halides is 2. The molecule has 2 aromatic rings. The average molecular weight is 427 g/mol. The van der Waals surface area contributed by atoms with Crippen LogP contribution in [0.5, 0.6) is 0 Å². The van der Waals surface area contributed by atoms with Crippen molar-refractivity contribution in [1.29, 1.82) is 0 Å². The monoisotopic (exact) mass is 426 g/mol. The van der Waals surface area contributed by atoms with Crippen molar-refractivity contribution < 1.29 is 22.7 Å². The van der Waals surface area contributed by atoms with Gasteiger partial charge in [-0.05, 0) is 36.8 Å². The molecule has 1 aliphatic heterocycles. The number of pyridine rings is 1. The average Bonchev–Trinajstić information content (AvgIpc) is 2.79. The zero-order valence-corrected chi connectivity index (χ0v) is 16.1. The van der Waals surface area contributed by atoms with E-state index in [4.69, 9.17) is 22.1 Å². The molecule has 29 heavy (non-hydrogen) atoms. The number of ether oxygens (including phenoxy) is 1. The van der Waals surface area contributed by atoms with E-state index in [1.807, 2.05) is 0 Å². The Morgan fingerprint density at radius 3 is 2.76 bits per heavy atom. The Kier molecular flexibility index (Phi) is 5.81. The van der Waals surface area contributed by atoms with Crippen molar-refractivity contribution in [3.63, 3.8) is 0 Å². The summed E-state index contributed by atoms with van der Waals surface area (Å²) in [5.74, 6) is -5.19. The number of carbonyl (C=O) groups excluding carboxylic acids is 1. The number of anilines is 1. The van der Waals surface area contributed by atoms with Crippen molar-refractivity contribution in [3.05, 3.63) is 58.6 Å². The van der Waals surface area contributed by atoms with Gasteiger partial charge in [-0.25, -0.2) is 18.2 Å². The Labute approximate surface area is 169 Å². The number of aromatic nitrogens is 1. The highest BCUT2D eigenvalue weighted by Crippen LogP contribution is 2.46. The second-order valence-electron chi connectivity index (χ2n) is 6.52. The molecule has 10 heteroatoms. The maximum absolute atomic E-state index is 15.0. The summed E-state index contributed by atoms with van der Waals surface area (Å²) in [5, 5.41) is 2.86. The van der Waals surface area contributed by atoms with Crippen molar-refractivity contribution in [1.82, 2.24) is 4.98 Å². The summed E-state index contributed by atoms with van der Waals surface area (Å²) < 4.78 is 49.5. The highest BCUT2D eigenvalue weighted by Gasteiger charge is 2.56. The summed E-state index contributed by atoms with van der Waals surface area (Å²) in [6.07, 6.45) is 1.05. The third-order valence-electron chi connectivity index (χ3n) is 4.61. The second kappa shape index (κ2) is 8.00. The summed E-state index contributed by atoms with van der Waals surface area (Å²) in [6.45, 7) is 0.214. The number of amidine groups is 1. The smallest absolute Gasteiger partial charge is 0.299 e. The van der Waals surface area contributed by atoms with Crippen LogP contribution in [0.15, 0.2) is 41.5 Å². The molecule has 0 spiro atoms. The topological polar surface area (TPSA) is 89.6 Å². The number of rotatable bonds is 4. The van der Waals surface area contributed by atoms with Crippen LogP contribution >= 0.6 is 11.6 Å². The zero-order chi connectivity index (χ0) is 21.2. The Hall–Kier alpha value is -2.65. The number of aliphatic imine (C=N–C) groups is 1. The Morgan fingerprint density at radius 2 is 2.10 bits per heavy atom. The van der Waals surface area contributed by atoms with Gasteiger partial charge in [-0.15, -0.1) is 0 Å². The number of nitrogens with two attached hydrogens (primary N) is 1. The second-order valence-corrected chi connectivity index (χ2v) is 6.96. The van der Waals surface area contributed by atoms with Gasteiger partial charge >= 0.3 is 0 Å². The minimum Gasteiger partial charge on any atom is -0.385 e. The lowest BCUT2D eigenvalue weighted by atomic mass is 9.81. The minimum absolute atomic E-state index is 0.0564. The van der Waals surface area contributed by atoms with Gasteiger partial charge in [-0.2, -0.15) is 0 Å². The van der Waals surface area contributed by atoms with E-state index in [0.717, 1.165) is 12.1 Å². The van der Waals surface area contributed by atoms with Gasteiger partial charge in [0.05, 0.1) is 5.02 Å². The lowest BCUT2D eigenvalue weighted by Gasteiger charge is -2.36. The van der Waals surface area contributed by atoms with E-state index in [1.165, 1.54) is 31.3 Å². The number of benzene rings is 1. The van der Waals surface area contributed by atoms with Crippen LogP contribution in [0.25, 0.3) is 0 Å². The predicted molar refractivity (Wildman–Crippen MR) is 103 cm³/mol. The molecule has 0 radical (unpaired) electrons. The Balaban J connectivity index is 2.02. The van der Waals surface area contributed by atoms with Gasteiger partial charge in [0.2, 0.25) is 0 Å². The summed E-state index contributed by atoms with van der Waals surface area (Å²) in [7, 11) is 0. The molecule has 0 unspecified atom stereocenters. The number of amides is 1. The van der Waals surface area contributed by atoms with E-state index >= 15 is 0 Å². The fourth-order valence-electron chi connectivity index (χ4n) is 3.17. The van der Waals surface area contributed by atoms with Crippen LogP contribution in [0.4, 0.5) is 18.9 Å². The summed E-state index contributed by atoms with van der Waals surface area (Å²) in [5.41, 5.74) is 3.19. The summed E-state index contributed by atoms with van der Waals surface area (Å²) >= 11 is 5.74. The van der Waals surface area contributed by atoms with Crippen LogP contribution in [-0.4, -0.2) is 35.9 Å². The SMILES string of the molecule is CC[C@]1(c2cc(NC(=O)c3ccc(Cl)cn3)ccc2F)N=C(N)COCC1(F)F. The predicted octanol–water partition coefficient (Wildman–Crippen LogP) is 3.75. The van der Waals surface area contributed by atoms with Crippen molar-refractivity contribution in [2.75, 3.05) is 18.5 Å². The minimum atomic E-state index is -3.52. The van der Waals surface area contributed by atoms with Gasteiger partial charge in [-0.3, -0.25) is 9.79 Å². The first-order chi connectivity index (χ1) is 13.7. The van der Waals surface area contributed by atoms with Crippen LogP contribution in [0.2, 0.25) is 5.02 Å². The first-order valence-corrected chi connectivity index (χ1v) is 9.09. The van der Waals surface area contributed by atoms with Gasteiger partial charge in [-0.1, -0.05) is 18.5 Å². The largest absolute Gasteiger partial charge is 0.385 e. The van der Waals surface area contributed by atoms with E-state index in [1.54, 1.807) is 0 Å². The molecule has 2 heterocycles. The molecule has 0 saturated heterocycles. The number of nitrogens with zero attached hydrogens (tertiary/aromatic N) is 2. The maximum Gasteiger partial charge on any atom is 0.299 e. The number of nitrogens with one attached hydrogen (secondary N) is 1. The molecule has 1 aliphatic rings. The third-order valence-corrected chi connectivity index (χ3v) is 4.84. The number of hydrogen-bond acceptors (Lipinski definition) is 5. The Morgan fingerprint density at radius 1 is 1.34 bits per heavy atom. The van der Waals surface area contributed by atoms with Crippen LogP contribution in [0.1, 0.15) is 29.4 Å². The number of carbonyl (C=O) groups is 1. The molecular weight excluding hydrogens is 409 g/mol. The summed E-state index contributed by atoms with van der Waals surface area (Å²) in [6, 6.07) is 6.26. The standard InChI is InChI=1S/C19H18ClF3N4O2/c1-2-18(19(22,23)10-29-9-16(24)27-18)13-7-12(4-5-14(13)21)26-17(28)15-6-3-11(20)8-25-15/h3-8H,2,9-10H2,1H3,(H2,24,27)(H,26,28)/t18-/m1/s1. The number of hydrogen-bond donors (Lipinski definition) is 2. The first kappa shape index (κ1) is 21.1. The van der Waals surface area contributed by atoms with Crippen molar-refractivity contribution in [2.24, 2.45) is 10.7 Å². The van der Waals surface area contributed by atoms with Gasteiger partial charge in [0.15, 0.2) is 5.54 Å². The lowest BCUT2D eigenvalue weighted by Crippen LogP contribution is -2.47. The quantitative estimate of drug-likeness (QED) is 0.779. The van der Waals surface area contributed by atoms with Crippen LogP contribution in [0, 0.1) is 5.82 Å². The molecule has 1 atom stereocenters. The fourth-order valence-corrected chi connectivity index (χ4v) is 3.28. The fraction of sp³-hybridized carbons (Fsp3) is 0.316. The molecule has 1 aromatic heterocycles. The molecular formula is C19H18ClF3N4O2.